The van der Waals surface area contributed by atoms with Crippen LogP contribution in [0.25, 0.3) is 0 Å². The Morgan fingerprint density at radius 2 is 2.30 bits per heavy atom. The van der Waals surface area contributed by atoms with Crippen LogP contribution < -0.4 is 5.32 Å². The lowest BCUT2D eigenvalue weighted by Crippen LogP contribution is -2.36. The zero-order valence-corrected chi connectivity index (χ0v) is 6.89. The fourth-order valence-electron chi connectivity index (χ4n) is 1.70. The Morgan fingerprint density at radius 3 is 2.90 bits per heavy atom. The van der Waals surface area contributed by atoms with Gasteiger partial charge in [0.25, 0.3) is 0 Å². The molecule has 1 rings (SSSR count). The van der Waals surface area contributed by atoms with Crippen LogP contribution in [0.4, 0.5) is 0 Å². The monoisotopic (exact) mass is 143 g/mol. The third kappa shape index (κ3) is 1.70. The van der Waals surface area contributed by atoms with Gasteiger partial charge in [-0.3, -0.25) is 0 Å². The SMILES string of the molecule is CCN[C@@H]1CCC[C@H]1OC. The maximum Gasteiger partial charge on any atom is 0.0724 e. The Balaban J connectivity index is 2.27. The van der Waals surface area contributed by atoms with Crippen LogP contribution in [-0.4, -0.2) is 25.8 Å². The number of rotatable bonds is 3. The fraction of sp³-hybridized carbons (Fsp3) is 1.00. The van der Waals surface area contributed by atoms with Gasteiger partial charge in [0.15, 0.2) is 0 Å². The van der Waals surface area contributed by atoms with Gasteiger partial charge in [0.2, 0.25) is 0 Å². The molecule has 0 bridgehead atoms. The Bertz CT molecular complexity index is 95.3. The third-order valence-electron chi connectivity index (χ3n) is 2.22. The summed E-state index contributed by atoms with van der Waals surface area (Å²) >= 11 is 0. The molecule has 0 amide bonds. The summed E-state index contributed by atoms with van der Waals surface area (Å²) in [6.45, 7) is 3.20. The van der Waals surface area contributed by atoms with Crippen molar-refractivity contribution >= 4 is 0 Å². The second kappa shape index (κ2) is 3.94. The van der Waals surface area contributed by atoms with Crippen molar-refractivity contribution < 1.29 is 4.74 Å². The number of hydrogen-bond acceptors (Lipinski definition) is 2. The van der Waals surface area contributed by atoms with Crippen LogP contribution in [0.1, 0.15) is 26.2 Å². The van der Waals surface area contributed by atoms with Crippen molar-refractivity contribution in [2.75, 3.05) is 13.7 Å². The van der Waals surface area contributed by atoms with Crippen molar-refractivity contribution in [1.82, 2.24) is 5.32 Å². The van der Waals surface area contributed by atoms with Gasteiger partial charge in [-0.1, -0.05) is 6.92 Å². The Kier molecular flexibility index (Phi) is 3.16. The van der Waals surface area contributed by atoms with Gasteiger partial charge in [0, 0.05) is 13.2 Å². The van der Waals surface area contributed by atoms with Gasteiger partial charge < -0.3 is 10.1 Å². The van der Waals surface area contributed by atoms with E-state index in [2.05, 4.69) is 12.2 Å². The summed E-state index contributed by atoms with van der Waals surface area (Å²) in [4.78, 5) is 0. The smallest absolute Gasteiger partial charge is 0.0724 e. The lowest BCUT2D eigenvalue weighted by molar-refractivity contribution is 0.0858. The van der Waals surface area contributed by atoms with E-state index in [-0.39, 0.29) is 0 Å². The minimum atomic E-state index is 0.472. The van der Waals surface area contributed by atoms with Crippen molar-refractivity contribution in [3.63, 3.8) is 0 Å². The van der Waals surface area contributed by atoms with Crippen LogP contribution in [0.15, 0.2) is 0 Å². The molecule has 0 spiro atoms. The van der Waals surface area contributed by atoms with E-state index in [0.29, 0.717) is 12.1 Å². The van der Waals surface area contributed by atoms with Crippen LogP contribution in [0, 0.1) is 0 Å². The van der Waals surface area contributed by atoms with Gasteiger partial charge in [-0.05, 0) is 25.8 Å². The van der Waals surface area contributed by atoms with Crippen molar-refractivity contribution in [2.45, 2.75) is 38.3 Å². The number of ether oxygens (including phenoxy) is 1. The molecule has 1 aliphatic rings. The molecular weight excluding hydrogens is 126 g/mol. The number of nitrogens with one attached hydrogen (secondary N) is 1. The van der Waals surface area contributed by atoms with E-state index in [1.165, 1.54) is 19.3 Å². The molecule has 1 saturated carbocycles. The highest BCUT2D eigenvalue weighted by atomic mass is 16.5. The van der Waals surface area contributed by atoms with Gasteiger partial charge >= 0.3 is 0 Å². The summed E-state index contributed by atoms with van der Waals surface area (Å²) in [5, 5.41) is 3.42. The number of likely N-dealkylation sites (N-methyl/N-ethyl adjacent to an activating group) is 1. The molecule has 0 aliphatic heterocycles. The maximum atomic E-state index is 5.31. The van der Waals surface area contributed by atoms with Gasteiger partial charge in [-0.25, -0.2) is 0 Å². The van der Waals surface area contributed by atoms with E-state index in [0.717, 1.165) is 6.54 Å². The summed E-state index contributed by atoms with van der Waals surface area (Å²) in [7, 11) is 1.81. The Morgan fingerprint density at radius 1 is 1.50 bits per heavy atom. The number of hydrogen-bond donors (Lipinski definition) is 1. The predicted molar refractivity (Wildman–Crippen MR) is 42.1 cm³/mol. The molecule has 0 unspecified atom stereocenters. The lowest BCUT2D eigenvalue weighted by Gasteiger charge is -2.18. The zero-order chi connectivity index (χ0) is 7.40. The van der Waals surface area contributed by atoms with E-state index in [9.17, 15) is 0 Å². The molecule has 0 heterocycles. The first-order valence-electron chi connectivity index (χ1n) is 4.14. The second-order valence-corrected chi connectivity index (χ2v) is 2.87. The van der Waals surface area contributed by atoms with Crippen molar-refractivity contribution in [2.24, 2.45) is 0 Å². The highest BCUT2D eigenvalue weighted by Gasteiger charge is 2.25. The predicted octanol–water partition coefficient (Wildman–Crippen LogP) is 1.16. The van der Waals surface area contributed by atoms with Crippen molar-refractivity contribution in [1.29, 1.82) is 0 Å². The first-order valence-corrected chi connectivity index (χ1v) is 4.14. The molecule has 0 radical (unpaired) electrons. The summed E-state index contributed by atoms with van der Waals surface area (Å²) < 4.78 is 5.31. The van der Waals surface area contributed by atoms with Crippen LogP contribution in [0.3, 0.4) is 0 Å². The second-order valence-electron chi connectivity index (χ2n) is 2.87. The average Bonchev–Trinajstić information content (AvgIpc) is 2.36. The van der Waals surface area contributed by atoms with Crippen LogP contribution in [0.2, 0.25) is 0 Å². The molecule has 0 aromatic rings. The number of methoxy groups -OCH3 is 1. The van der Waals surface area contributed by atoms with Crippen molar-refractivity contribution in [3.8, 4) is 0 Å². The topological polar surface area (TPSA) is 21.3 Å². The molecule has 2 heteroatoms. The normalized spacial score (nSPS) is 33.0. The average molecular weight is 143 g/mol. The highest BCUT2D eigenvalue weighted by Crippen LogP contribution is 2.20. The molecule has 1 aliphatic carbocycles. The van der Waals surface area contributed by atoms with Gasteiger partial charge in [0.1, 0.15) is 0 Å². The van der Waals surface area contributed by atoms with Gasteiger partial charge in [-0.2, -0.15) is 0 Å². The molecule has 0 aromatic heterocycles. The Hall–Kier alpha value is -0.0800. The van der Waals surface area contributed by atoms with E-state index >= 15 is 0 Å². The van der Waals surface area contributed by atoms with Crippen molar-refractivity contribution in [3.05, 3.63) is 0 Å². The molecule has 0 saturated heterocycles. The minimum absolute atomic E-state index is 0.472. The summed E-state index contributed by atoms with van der Waals surface area (Å²) in [5.74, 6) is 0. The summed E-state index contributed by atoms with van der Waals surface area (Å²) in [5.41, 5.74) is 0. The van der Waals surface area contributed by atoms with Crippen LogP contribution >= 0.6 is 0 Å². The first-order chi connectivity index (χ1) is 4.88. The maximum absolute atomic E-state index is 5.31. The fourth-order valence-corrected chi connectivity index (χ4v) is 1.70. The summed E-state index contributed by atoms with van der Waals surface area (Å²) in [6, 6.07) is 0.620. The highest BCUT2D eigenvalue weighted by molar-refractivity contribution is 4.83. The van der Waals surface area contributed by atoms with E-state index in [1.54, 1.807) is 7.11 Å². The molecule has 1 N–H and O–H groups in total. The molecule has 2 nitrogen and oxygen atoms in total. The molecular formula is C8H17NO. The molecule has 1 fully saturated rings. The minimum Gasteiger partial charge on any atom is -0.380 e. The van der Waals surface area contributed by atoms with Gasteiger partial charge in [-0.15, -0.1) is 0 Å². The van der Waals surface area contributed by atoms with Crippen LogP contribution in [0.5, 0.6) is 0 Å². The first kappa shape index (κ1) is 8.02. The Labute approximate surface area is 63.0 Å². The van der Waals surface area contributed by atoms with Crippen LogP contribution in [-0.2, 0) is 4.74 Å². The molecule has 2 atom stereocenters. The summed E-state index contributed by atoms with van der Waals surface area (Å²) in [6.07, 6.45) is 4.30. The van der Waals surface area contributed by atoms with E-state index < -0.39 is 0 Å². The third-order valence-corrected chi connectivity index (χ3v) is 2.22. The molecule has 10 heavy (non-hydrogen) atoms. The zero-order valence-electron chi connectivity index (χ0n) is 6.89. The largest absolute Gasteiger partial charge is 0.380 e. The van der Waals surface area contributed by atoms with Gasteiger partial charge in [0.05, 0.1) is 6.10 Å². The quantitative estimate of drug-likeness (QED) is 0.640. The molecule has 0 aromatic carbocycles. The van der Waals surface area contributed by atoms with E-state index in [4.69, 9.17) is 4.74 Å². The lowest BCUT2D eigenvalue weighted by atomic mass is 10.2. The standard InChI is InChI=1S/C8H17NO/c1-3-9-7-5-4-6-8(7)10-2/h7-9H,3-6H2,1-2H3/t7-,8-/m1/s1. The van der Waals surface area contributed by atoms with E-state index in [1.807, 2.05) is 0 Å². The molecule has 60 valence electrons.